The third-order valence-corrected chi connectivity index (χ3v) is 2.76. The Kier molecular flexibility index (Phi) is 4.25. The highest BCUT2D eigenvalue weighted by Crippen LogP contribution is 2.11. The molecular weight excluding hydrogens is 244 g/mol. The molecule has 1 atom stereocenters. The van der Waals surface area contributed by atoms with Gasteiger partial charge in [0, 0.05) is 13.0 Å². The van der Waals surface area contributed by atoms with E-state index in [1.165, 1.54) is 6.33 Å². The van der Waals surface area contributed by atoms with Crippen molar-refractivity contribution in [1.29, 1.82) is 0 Å². The minimum absolute atomic E-state index is 0.219. The highest BCUT2D eigenvalue weighted by Gasteiger charge is 2.15. The molecule has 19 heavy (non-hydrogen) atoms. The zero-order valence-electron chi connectivity index (χ0n) is 10.7. The molecule has 1 aromatic heterocycles. The van der Waals surface area contributed by atoms with Gasteiger partial charge in [0.1, 0.15) is 6.04 Å². The van der Waals surface area contributed by atoms with Crippen molar-refractivity contribution in [3.63, 3.8) is 0 Å². The minimum Gasteiger partial charge on any atom is -0.354 e. The number of aromatic nitrogens is 2. The van der Waals surface area contributed by atoms with Crippen LogP contribution in [0.2, 0.25) is 0 Å². The molecule has 0 radical (unpaired) electrons. The lowest BCUT2D eigenvalue weighted by Gasteiger charge is -2.12. The van der Waals surface area contributed by atoms with E-state index in [9.17, 15) is 4.79 Å². The molecule has 0 aliphatic rings. The fraction of sp³-hybridized carbons (Fsp3) is 0.308. The number of rotatable bonds is 5. The molecule has 2 rings (SSSR count). The Morgan fingerprint density at radius 3 is 2.79 bits per heavy atom. The van der Waals surface area contributed by atoms with Crippen molar-refractivity contribution < 1.29 is 9.32 Å². The third kappa shape index (κ3) is 3.62. The molecule has 0 saturated carbocycles. The zero-order valence-corrected chi connectivity index (χ0v) is 10.7. The molecule has 1 aromatic carbocycles. The summed E-state index contributed by atoms with van der Waals surface area (Å²) in [6.07, 6.45) is 1.82. The first-order valence-electron chi connectivity index (χ1n) is 6.02. The molecule has 100 valence electrons. The van der Waals surface area contributed by atoms with Gasteiger partial charge in [0.05, 0.1) is 0 Å². The predicted molar refractivity (Wildman–Crippen MR) is 69.1 cm³/mol. The van der Waals surface area contributed by atoms with Crippen LogP contribution < -0.4 is 11.1 Å². The average Bonchev–Trinajstić information content (AvgIpc) is 2.92. The molecule has 0 aliphatic heterocycles. The lowest BCUT2D eigenvalue weighted by Crippen LogP contribution is -2.35. The van der Waals surface area contributed by atoms with Crippen LogP contribution in [0, 0.1) is 6.92 Å². The second kappa shape index (κ2) is 6.10. The molecule has 0 spiro atoms. The Hall–Kier alpha value is -2.21. The first-order valence-corrected chi connectivity index (χ1v) is 6.02. The lowest BCUT2D eigenvalue weighted by atomic mass is 10.1. The number of carbonyl (C=O) groups is 1. The van der Waals surface area contributed by atoms with E-state index < -0.39 is 6.04 Å². The van der Waals surface area contributed by atoms with Gasteiger partial charge < -0.3 is 15.6 Å². The molecule has 0 aliphatic carbocycles. The molecule has 0 fully saturated rings. The van der Waals surface area contributed by atoms with Crippen LogP contribution in [-0.2, 0) is 11.2 Å². The Morgan fingerprint density at radius 2 is 2.16 bits per heavy atom. The summed E-state index contributed by atoms with van der Waals surface area (Å²) in [6.45, 7) is 2.40. The standard InChI is InChI=1S/C13H16N4O2/c1-9-2-4-10(5-3-9)12(14)13(18)15-7-6-11-16-8-17-19-11/h2-5,8,12H,6-7,14H2,1H3,(H,15,18). The Labute approximate surface area is 111 Å². The van der Waals surface area contributed by atoms with Crippen molar-refractivity contribution in [2.75, 3.05) is 6.54 Å². The number of benzene rings is 1. The van der Waals surface area contributed by atoms with Crippen LogP contribution in [0.25, 0.3) is 0 Å². The monoisotopic (exact) mass is 260 g/mol. The van der Waals surface area contributed by atoms with E-state index in [1.54, 1.807) is 0 Å². The van der Waals surface area contributed by atoms with Gasteiger partial charge in [-0.25, -0.2) is 0 Å². The zero-order chi connectivity index (χ0) is 13.7. The normalized spacial score (nSPS) is 12.1. The number of amides is 1. The van der Waals surface area contributed by atoms with Gasteiger partial charge in [0.15, 0.2) is 6.33 Å². The van der Waals surface area contributed by atoms with Crippen molar-refractivity contribution in [2.45, 2.75) is 19.4 Å². The van der Waals surface area contributed by atoms with Crippen LogP contribution in [0.1, 0.15) is 23.1 Å². The summed E-state index contributed by atoms with van der Waals surface area (Å²) < 4.78 is 4.83. The molecule has 1 heterocycles. The maximum Gasteiger partial charge on any atom is 0.241 e. The average molecular weight is 260 g/mol. The van der Waals surface area contributed by atoms with Crippen LogP contribution in [0.4, 0.5) is 0 Å². The van der Waals surface area contributed by atoms with Gasteiger partial charge in [-0.2, -0.15) is 4.98 Å². The van der Waals surface area contributed by atoms with E-state index in [1.807, 2.05) is 31.2 Å². The number of nitrogens with zero attached hydrogens (tertiary/aromatic N) is 2. The second-order valence-corrected chi connectivity index (χ2v) is 4.26. The summed E-state index contributed by atoms with van der Waals surface area (Å²) in [7, 11) is 0. The van der Waals surface area contributed by atoms with Crippen molar-refractivity contribution in [3.8, 4) is 0 Å². The first-order chi connectivity index (χ1) is 9.16. The van der Waals surface area contributed by atoms with Crippen LogP contribution in [0.15, 0.2) is 35.1 Å². The van der Waals surface area contributed by atoms with Gasteiger partial charge >= 0.3 is 0 Å². The number of nitrogens with two attached hydrogens (primary N) is 1. The largest absolute Gasteiger partial charge is 0.354 e. The van der Waals surface area contributed by atoms with E-state index in [4.69, 9.17) is 10.3 Å². The lowest BCUT2D eigenvalue weighted by molar-refractivity contribution is -0.122. The fourth-order valence-corrected chi connectivity index (χ4v) is 1.63. The van der Waals surface area contributed by atoms with Crippen LogP contribution in [0.3, 0.4) is 0 Å². The third-order valence-electron chi connectivity index (χ3n) is 2.76. The van der Waals surface area contributed by atoms with Crippen LogP contribution in [-0.4, -0.2) is 22.6 Å². The Balaban J connectivity index is 1.83. The molecule has 2 aromatic rings. The number of carbonyl (C=O) groups excluding carboxylic acids is 1. The molecule has 1 unspecified atom stereocenters. The van der Waals surface area contributed by atoms with Crippen molar-refractivity contribution >= 4 is 5.91 Å². The summed E-state index contributed by atoms with van der Waals surface area (Å²) >= 11 is 0. The molecule has 6 heteroatoms. The van der Waals surface area contributed by atoms with Crippen molar-refractivity contribution in [2.24, 2.45) is 5.73 Å². The summed E-state index contributed by atoms with van der Waals surface area (Å²) in [6, 6.07) is 6.92. The van der Waals surface area contributed by atoms with Gasteiger partial charge in [-0.15, -0.1) is 0 Å². The molecule has 0 saturated heterocycles. The second-order valence-electron chi connectivity index (χ2n) is 4.26. The summed E-state index contributed by atoms with van der Waals surface area (Å²) in [5, 5.41) is 6.23. The molecule has 6 nitrogen and oxygen atoms in total. The van der Waals surface area contributed by atoms with Crippen LogP contribution in [0.5, 0.6) is 0 Å². The van der Waals surface area contributed by atoms with Gasteiger partial charge in [0.2, 0.25) is 11.8 Å². The van der Waals surface area contributed by atoms with E-state index in [2.05, 4.69) is 15.5 Å². The van der Waals surface area contributed by atoms with Gasteiger partial charge in [-0.3, -0.25) is 4.79 Å². The van der Waals surface area contributed by atoms with E-state index in [0.717, 1.165) is 11.1 Å². The van der Waals surface area contributed by atoms with Gasteiger partial charge in [-0.1, -0.05) is 35.0 Å². The first kappa shape index (κ1) is 13.2. The van der Waals surface area contributed by atoms with E-state index in [-0.39, 0.29) is 5.91 Å². The highest BCUT2D eigenvalue weighted by atomic mass is 16.5. The van der Waals surface area contributed by atoms with Crippen molar-refractivity contribution in [1.82, 2.24) is 15.5 Å². The van der Waals surface area contributed by atoms with E-state index >= 15 is 0 Å². The Morgan fingerprint density at radius 1 is 1.42 bits per heavy atom. The van der Waals surface area contributed by atoms with Gasteiger partial charge in [0.25, 0.3) is 0 Å². The van der Waals surface area contributed by atoms with E-state index in [0.29, 0.717) is 18.9 Å². The minimum atomic E-state index is -0.664. The molecule has 1 amide bonds. The fourth-order valence-electron chi connectivity index (χ4n) is 1.63. The summed E-state index contributed by atoms with van der Waals surface area (Å²) in [5.41, 5.74) is 7.81. The maximum absolute atomic E-state index is 11.9. The molecule has 0 bridgehead atoms. The van der Waals surface area contributed by atoms with Crippen molar-refractivity contribution in [3.05, 3.63) is 47.6 Å². The number of hydrogen-bond donors (Lipinski definition) is 2. The molecular formula is C13H16N4O2. The summed E-state index contributed by atoms with van der Waals surface area (Å²) in [4.78, 5) is 15.7. The molecule has 3 N–H and O–H groups in total. The predicted octanol–water partition coefficient (Wildman–Crippen LogP) is 0.737. The quantitative estimate of drug-likeness (QED) is 0.826. The maximum atomic E-state index is 11.9. The summed E-state index contributed by atoms with van der Waals surface area (Å²) in [5.74, 6) is 0.271. The smallest absolute Gasteiger partial charge is 0.241 e. The number of hydrogen-bond acceptors (Lipinski definition) is 5. The number of aryl methyl sites for hydroxylation is 1. The highest BCUT2D eigenvalue weighted by molar-refractivity contribution is 5.82. The topological polar surface area (TPSA) is 94.0 Å². The number of nitrogens with one attached hydrogen (secondary N) is 1. The SMILES string of the molecule is Cc1ccc(C(N)C(=O)NCCc2ncno2)cc1. The Bertz CT molecular complexity index is 522. The van der Waals surface area contributed by atoms with Crippen LogP contribution >= 0.6 is 0 Å². The van der Waals surface area contributed by atoms with Gasteiger partial charge in [-0.05, 0) is 12.5 Å².